The molecule has 1 saturated carbocycles. The van der Waals surface area contributed by atoms with Gasteiger partial charge in [-0.3, -0.25) is 10.1 Å². The number of carbonyl (C=O) groups excluding carboxylic acids is 1. The van der Waals surface area contributed by atoms with Gasteiger partial charge in [0.15, 0.2) is 0 Å². The molecule has 0 radical (unpaired) electrons. The van der Waals surface area contributed by atoms with E-state index >= 15 is 0 Å². The predicted octanol–water partition coefficient (Wildman–Crippen LogP) is 1.54. The highest BCUT2D eigenvalue weighted by Gasteiger charge is 2.28. The van der Waals surface area contributed by atoms with Gasteiger partial charge in [0, 0.05) is 6.04 Å². The highest BCUT2D eigenvalue weighted by molar-refractivity contribution is 5.78. The van der Waals surface area contributed by atoms with Gasteiger partial charge < -0.3 is 5.32 Å². The number of rotatable bonds is 5. The van der Waals surface area contributed by atoms with Gasteiger partial charge in [0.1, 0.15) is 0 Å². The third kappa shape index (κ3) is 4.79. The van der Waals surface area contributed by atoms with Crippen molar-refractivity contribution in [2.75, 3.05) is 13.1 Å². The summed E-state index contributed by atoms with van der Waals surface area (Å²) in [6.45, 7) is 5.26. The first kappa shape index (κ1) is 14.1. The summed E-state index contributed by atoms with van der Waals surface area (Å²) in [5.74, 6) is 3.79. The van der Waals surface area contributed by atoms with Crippen LogP contribution in [0.15, 0.2) is 0 Å². The van der Waals surface area contributed by atoms with Crippen LogP contribution in [0.1, 0.15) is 39.5 Å². The lowest BCUT2D eigenvalue weighted by atomic mass is 9.78. The van der Waals surface area contributed by atoms with Crippen molar-refractivity contribution in [1.82, 2.24) is 10.6 Å². The minimum Gasteiger partial charge on any atom is -0.352 e. The summed E-state index contributed by atoms with van der Waals surface area (Å²) in [5, 5.41) is 6.06. The van der Waals surface area contributed by atoms with Crippen LogP contribution in [0.25, 0.3) is 0 Å². The van der Waals surface area contributed by atoms with Crippen LogP contribution in [0.3, 0.4) is 0 Å². The lowest BCUT2D eigenvalue weighted by Gasteiger charge is -2.34. The van der Waals surface area contributed by atoms with Crippen LogP contribution in [-0.4, -0.2) is 25.0 Å². The summed E-state index contributed by atoms with van der Waals surface area (Å²) < 4.78 is 0. The Hall–Kier alpha value is -1.01. The van der Waals surface area contributed by atoms with Crippen LogP contribution < -0.4 is 10.6 Å². The maximum atomic E-state index is 11.7. The molecule has 96 valence electrons. The highest BCUT2D eigenvalue weighted by atomic mass is 16.1. The lowest BCUT2D eigenvalue weighted by molar-refractivity contribution is -0.121. The van der Waals surface area contributed by atoms with Crippen LogP contribution in [0.2, 0.25) is 0 Å². The molecule has 0 aliphatic heterocycles. The molecule has 1 rings (SSSR count). The predicted molar refractivity (Wildman–Crippen MR) is 70.4 cm³/mol. The number of hydrogen-bond donors (Lipinski definition) is 2. The second-order valence-electron chi connectivity index (χ2n) is 5.17. The Bertz CT molecular complexity index is 280. The fourth-order valence-corrected chi connectivity index (χ4v) is 2.64. The first-order valence-corrected chi connectivity index (χ1v) is 6.58. The van der Waals surface area contributed by atoms with Crippen LogP contribution in [0.4, 0.5) is 0 Å². The zero-order chi connectivity index (χ0) is 12.7. The first-order valence-electron chi connectivity index (χ1n) is 6.58. The number of nitrogens with one attached hydrogen (secondary N) is 2. The van der Waals surface area contributed by atoms with Crippen molar-refractivity contribution in [2.24, 2.45) is 11.8 Å². The van der Waals surface area contributed by atoms with Gasteiger partial charge in [-0.05, 0) is 24.7 Å². The van der Waals surface area contributed by atoms with E-state index in [-0.39, 0.29) is 5.91 Å². The quantitative estimate of drug-likeness (QED) is 0.561. The van der Waals surface area contributed by atoms with Crippen molar-refractivity contribution in [3.05, 3.63) is 0 Å². The molecule has 0 bridgehead atoms. The summed E-state index contributed by atoms with van der Waals surface area (Å²) in [6.07, 6.45) is 9.99. The molecule has 0 saturated heterocycles. The van der Waals surface area contributed by atoms with Crippen molar-refractivity contribution < 1.29 is 4.79 Å². The third-order valence-electron chi connectivity index (χ3n) is 3.53. The molecule has 0 aromatic rings. The number of amides is 1. The highest BCUT2D eigenvalue weighted by Crippen LogP contribution is 2.29. The Labute approximate surface area is 105 Å². The average molecular weight is 236 g/mol. The summed E-state index contributed by atoms with van der Waals surface area (Å²) in [6, 6.07) is 0.351. The lowest BCUT2D eigenvalue weighted by Crippen LogP contribution is -2.46. The molecule has 17 heavy (non-hydrogen) atoms. The van der Waals surface area contributed by atoms with E-state index < -0.39 is 0 Å². The molecule has 0 aromatic carbocycles. The second-order valence-corrected chi connectivity index (χ2v) is 5.17. The van der Waals surface area contributed by atoms with Crippen LogP contribution in [-0.2, 0) is 4.79 Å². The topological polar surface area (TPSA) is 41.1 Å². The molecule has 0 spiro atoms. The maximum Gasteiger partial charge on any atom is 0.234 e. The van der Waals surface area contributed by atoms with E-state index in [9.17, 15) is 4.79 Å². The van der Waals surface area contributed by atoms with Gasteiger partial charge in [-0.25, -0.2) is 0 Å². The Kier molecular flexibility index (Phi) is 6.07. The van der Waals surface area contributed by atoms with E-state index in [1.54, 1.807) is 0 Å². The normalized spacial score (nSPS) is 24.4. The smallest absolute Gasteiger partial charge is 0.234 e. The molecule has 2 N–H and O–H groups in total. The number of carbonyl (C=O) groups is 1. The van der Waals surface area contributed by atoms with E-state index in [2.05, 4.69) is 30.4 Å². The Balaban J connectivity index is 2.37. The number of hydrogen-bond acceptors (Lipinski definition) is 2. The minimum absolute atomic E-state index is 0.0674. The summed E-state index contributed by atoms with van der Waals surface area (Å²) >= 11 is 0. The minimum atomic E-state index is 0.0674. The molecule has 3 heteroatoms. The molecule has 3 nitrogen and oxygen atoms in total. The van der Waals surface area contributed by atoms with Gasteiger partial charge in [0.05, 0.1) is 13.1 Å². The zero-order valence-electron chi connectivity index (χ0n) is 11.0. The van der Waals surface area contributed by atoms with Gasteiger partial charge in [-0.1, -0.05) is 32.6 Å². The molecular formula is C14H24N2O. The van der Waals surface area contributed by atoms with Crippen molar-refractivity contribution in [3.8, 4) is 12.3 Å². The van der Waals surface area contributed by atoms with Gasteiger partial charge in [-0.15, -0.1) is 6.42 Å². The molecule has 1 aliphatic rings. The summed E-state index contributed by atoms with van der Waals surface area (Å²) in [4.78, 5) is 11.7. The standard InChI is InChI=1S/C14H24N2O/c1-4-9-15-10-14(17)16-13-8-6-5-7-12(13)11(2)3/h1,11-13,15H,5-10H2,2-3H3,(H,16,17). The molecule has 0 aromatic heterocycles. The van der Waals surface area contributed by atoms with E-state index in [0.29, 0.717) is 31.0 Å². The van der Waals surface area contributed by atoms with Gasteiger partial charge in [0.25, 0.3) is 0 Å². The molecule has 0 heterocycles. The largest absolute Gasteiger partial charge is 0.352 e. The van der Waals surface area contributed by atoms with Crippen molar-refractivity contribution in [1.29, 1.82) is 0 Å². The van der Waals surface area contributed by atoms with Gasteiger partial charge >= 0.3 is 0 Å². The van der Waals surface area contributed by atoms with E-state index in [4.69, 9.17) is 6.42 Å². The van der Waals surface area contributed by atoms with Gasteiger partial charge in [-0.2, -0.15) is 0 Å². The molecule has 1 fully saturated rings. The second kappa shape index (κ2) is 7.34. The Morgan fingerprint density at radius 2 is 2.12 bits per heavy atom. The monoisotopic (exact) mass is 236 g/mol. The summed E-state index contributed by atoms with van der Waals surface area (Å²) in [5.41, 5.74) is 0. The summed E-state index contributed by atoms with van der Waals surface area (Å²) in [7, 11) is 0. The Morgan fingerprint density at radius 3 is 2.76 bits per heavy atom. The molecule has 1 aliphatic carbocycles. The molecule has 2 unspecified atom stereocenters. The Morgan fingerprint density at radius 1 is 1.41 bits per heavy atom. The number of terminal acetylenes is 1. The fraction of sp³-hybridized carbons (Fsp3) is 0.786. The van der Waals surface area contributed by atoms with Crippen molar-refractivity contribution >= 4 is 5.91 Å². The van der Waals surface area contributed by atoms with Crippen molar-refractivity contribution in [2.45, 2.75) is 45.6 Å². The van der Waals surface area contributed by atoms with E-state index in [0.717, 1.165) is 6.42 Å². The third-order valence-corrected chi connectivity index (χ3v) is 3.53. The van der Waals surface area contributed by atoms with Gasteiger partial charge in [0.2, 0.25) is 5.91 Å². The average Bonchev–Trinajstić information content (AvgIpc) is 2.29. The van der Waals surface area contributed by atoms with Crippen LogP contribution in [0.5, 0.6) is 0 Å². The fourth-order valence-electron chi connectivity index (χ4n) is 2.64. The molecule has 2 atom stereocenters. The molecular weight excluding hydrogens is 212 g/mol. The van der Waals surface area contributed by atoms with Crippen molar-refractivity contribution in [3.63, 3.8) is 0 Å². The first-order chi connectivity index (χ1) is 8.15. The maximum absolute atomic E-state index is 11.7. The zero-order valence-corrected chi connectivity index (χ0v) is 11.0. The SMILES string of the molecule is C#CCNCC(=O)NC1CCCCC1C(C)C. The van der Waals surface area contributed by atoms with Crippen LogP contribution >= 0.6 is 0 Å². The molecule has 1 amide bonds. The van der Waals surface area contributed by atoms with E-state index in [1.165, 1.54) is 19.3 Å². The van der Waals surface area contributed by atoms with Crippen LogP contribution in [0, 0.1) is 24.2 Å². The van der Waals surface area contributed by atoms with E-state index in [1.807, 2.05) is 0 Å².